The summed E-state index contributed by atoms with van der Waals surface area (Å²) in [6.07, 6.45) is 9.42. The normalized spacial score (nSPS) is 10.6. The average Bonchev–Trinajstić information content (AvgIpc) is 2.83. The number of nitrogens with one attached hydrogen (secondary N) is 1. The molecule has 0 aliphatic heterocycles. The maximum Gasteiger partial charge on any atom is 0.272 e. The number of benzene rings is 2. The fourth-order valence-electron chi connectivity index (χ4n) is 2.99. The lowest BCUT2D eigenvalue weighted by atomic mass is 10.2. The lowest BCUT2D eigenvalue weighted by Crippen LogP contribution is -2.37. The summed E-state index contributed by atoms with van der Waals surface area (Å²) in [6, 6.07) is 12.9. The molecule has 3 aromatic carbocycles. The molecule has 0 aliphatic carbocycles. The van der Waals surface area contributed by atoms with Gasteiger partial charge in [0, 0.05) is 28.0 Å². The van der Waals surface area contributed by atoms with E-state index in [1.807, 2.05) is 44.2 Å². The Labute approximate surface area is 219 Å². The van der Waals surface area contributed by atoms with Crippen LogP contribution in [-0.2, 0) is 0 Å². The van der Waals surface area contributed by atoms with Gasteiger partial charge in [0.15, 0.2) is 5.75 Å². The summed E-state index contributed by atoms with van der Waals surface area (Å²) < 4.78 is 7.52. The van der Waals surface area contributed by atoms with Gasteiger partial charge in [0.2, 0.25) is 0 Å². The quantitative estimate of drug-likeness (QED) is 0.127. The van der Waals surface area contributed by atoms with Crippen molar-refractivity contribution in [3.63, 3.8) is 0 Å². The van der Waals surface area contributed by atoms with Crippen LogP contribution >= 0.6 is 46.8 Å². The van der Waals surface area contributed by atoms with Gasteiger partial charge in [-0.1, -0.05) is 34.8 Å². The first-order chi connectivity index (χ1) is 16.3. The SMILES string of the molecule is C#C.CC(C)Oc1c(NCCCCN(Sc2ccc(Cl)cc2)c2cc(Cl)ccc2Cl)c(=O)c1=O. The monoisotopic (exact) mass is 538 g/mol. The van der Waals surface area contributed by atoms with Crippen molar-refractivity contribution in [1.82, 2.24) is 0 Å². The van der Waals surface area contributed by atoms with E-state index in [2.05, 4.69) is 22.5 Å². The number of ether oxygens (including phenoxy) is 1. The van der Waals surface area contributed by atoms with Crippen LogP contribution in [-0.4, -0.2) is 19.2 Å². The molecule has 0 saturated heterocycles. The van der Waals surface area contributed by atoms with E-state index >= 15 is 0 Å². The van der Waals surface area contributed by atoms with E-state index in [9.17, 15) is 9.59 Å². The molecule has 0 unspecified atom stereocenters. The minimum absolute atomic E-state index is 0.135. The van der Waals surface area contributed by atoms with Gasteiger partial charge in [-0.3, -0.25) is 9.59 Å². The van der Waals surface area contributed by atoms with Gasteiger partial charge >= 0.3 is 0 Å². The Hall–Kier alpha value is -2.30. The van der Waals surface area contributed by atoms with Crippen LogP contribution in [0.4, 0.5) is 11.4 Å². The van der Waals surface area contributed by atoms with Crippen LogP contribution in [0.25, 0.3) is 0 Å². The third-order valence-electron chi connectivity index (χ3n) is 4.52. The highest BCUT2D eigenvalue weighted by molar-refractivity contribution is 8.00. The van der Waals surface area contributed by atoms with Crippen molar-refractivity contribution < 1.29 is 4.74 Å². The Morgan fingerprint density at radius 3 is 2.26 bits per heavy atom. The van der Waals surface area contributed by atoms with Gasteiger partial charge < -0.3 is 14.4 Å². The molecule has 0 fully saturated rings. The Bertz CT molecular complexity index is 1170. The molecular formula is C25H25Cl3N2O3S. The maximum absolute atomic E-state index is 11.8. The topological polar surface area (TPSA) is 58.6 Å². The van der Waals surface area contributed by atoms with Crippen molar-refractivity contribution in [3.8, 4) is 18.6 Å². The fourth-order valence-corrected chi connectivity index (χ4v) is 4.53. The Kier molecular flexibility index (Phi) is 11.1. The summed E-state index contributed by atoms with van der Waals surface area (Å²) in [7, 11) is 0. The van der Waals surface area contributed by atoms with Crippen LogP contribution in [0.1, 0.15) is 26.7 Å². The number of rotatable bonds is 11. The Balaban J connectivity index is 0.00000199. The molecule has 34 heavy (non-hydrogen) atoms. The van der Waals surface area contributed by atoms with Crippen molar-refractivity contribution >= 4 is 58.1 Å². The molecule has 0 saturated carbocycles. The van der Waals surface area contributed by atoms with E-state index in [0.717, 1.165) is 23.4 Å². The second-order valence-corrected chi connectivity index (χ2v) is 9.78. The number of anilines is 2. The minimum Gasteiger partial charge on any atom is -0.485 e. The van der Waals surface area contributed by atoms with Crippen molar-refractivity contribution in [2.24, 2.45) is 0 Å². The first-order valence-electron chi connectivity index (χ1n) is 10.5. The first-order valence-corrected chi connectivity index (χ1v) is 12.4. The van der Waals surface area contributed by atoms with E-state index in [4.69, 9.17) is 39.5 Å². The molecule has 3 rings (SSSR count). The third kappa shape index (κ3) is 7.61. The summed E-state index contributed by atoms with van der Waals surface area (Å²) in [5.41, 5.74) is 0.00442. The zero-order chi connectivity index (χ0) is 25.3. The van der Waals surface area contributed by atoms with Gasteiger partial charge in [-0.25, -0.2) is 0 Å². The van der Waals surface area contributed by atoms with E-state index < -0.39 is 10.9 Å². The maximum atomic E-state index is 11.8. The van der Waals surface area contributed by atoms with Gasteiger partial charge in [-0.2, -0.15) is 0 Å². The van der Waals surface area contributed by atoms with E-state index in [1.165, 1.54) is 0 Å². The van der Waals surface area contributed by atoms with Gasteiger partial charge in [-0.15, -0.1) is 12.8 Å². The van der Waals surface area contributed by atoms with Gasteiger partial charge in [0.05, 0.1) is 16.8 Å². The minimum atomic E-state index is -0.567. The molecule has 0 aliphatic rings. The zero-order valence-electron chi connectivity index (χ0n) is 18.8. The number of hydrogen-bond acceptors (Lipinski definition) is 6. The predicted molar refractivity (Wildman–Crippen MR) is 146 cm³/mol. The number of nitrogens with zero attached hydrogens (tertiary/aromatic N) is 1. The lowest BCUT2D eigenvalue weighted by molar-refractivity contribution is 0.238. The van der Waals surface area contributed by atoms with Crippen molar-refractivity contribution in [1.29, 1.82) is 0 Å². The molecule has 0 spiro atoms. The molecule has 0 radical (unpaired) electrons. The number of hydrogen-bond donors (Lipinski definition) is 1. The van der Waals surface area contributed by atoms with Crippen LogP contribution in [0.2, 0.25) is 15.1 Å². The highest BCUT2D eigenvalue weighted by Crippen LogP contribution is 2.36. The highest BCUT2D eigenvalue weighted by atomic mass is 35.5. The van der Waals surface area contributed by atoms with Crippen molar-refractivity contribution in [3.05, 3.63) is 78.0 Å². The fraction of sp³-hybridized carbons (Fsp3) is 0.280. The molecule has 180 valence electrons. The Morgan fingerprint density at radius 1 is 0.971 bits per heavy atom. The van der Waals surface area contributed by atoms with Crippen LogP contribution in [0.3, 0.4) is 0 Å². The van der Waals surface area contributed by atoms with Crippen LogP contribution in [0.15, 0.2) is 56.9 Å². The number of halogens is 3. The summed E-state index contributed by atoms with van der Waals surface area (Å²) in [4.78, 5) is 24.5. The highest BCUT2D eigenvalue weighted by Gasteiger charge is 2.23. The molecule has 0 bridgehead atoms. The molecule has 9 heteroatoms. The average molecular weight is 540 g/mol. The number of unbranched alkanes of at least 4 members (excludes halogenated alkanes) is 1. The standard InChI is InChI=1S/C23H23Cl3N2O3S.C2H2/c1-14(2)31-23-20(21(29)22(23)30)27-11-3-4-12-28(19-13-16(25)7-10-18(19)26)32-17-8-5-15(24)6-9-17;1-2/h5-10,13-14,27H,3-4,11-12H2,1-2H3;1-2H. The summed E-state index contributed by atoms with van der Waals surface area (Å²) in [6.45, 7) is 4.86. The second kappa shape index (κ2) is 13.6. The molecule has 0 amide bonds. The van der Waals surface area contributed by atoms with Crippen molar-refractivity contribution in [2.45, 2.75) is 37.7 Å². The van der Waals surface area contributed by atoms with Crippen LogP contribution in [0, 0.1) is 12.8 Å². The number of terminal acetylenes is 1. The Morgan fingerprint density at radius 2 is 1.62 bits per heavy atom. The molecule has 1 N–H and O–H groups in total. The second-order valence-electron chi connectivity index (χ2n) is 7.41. The van der Waals surface area contributed by atoms with Gasteiger partial charge in [0.25, 0.3) is 10.9 Å². The smallest absolute Gasteiger partial charge is 0.272 e. The molecule has 0 aromatic heterocycles. The largest absolute Gasteiger partial charge is 0.485 e. The summed E-state index contributed by atoms with van der Waals surface area (Å²) >= 11 is 20.2. The first kappa shape index (κ1) is 27.9. The molecule has 5 nitrogen and oxygen atoms in total. The van der Waals surface area contributed by atoms with Gasteiger partial charge in [-0.05, 0) is 81.1 Å². The molecular weight excluding hydrogens is 515 g/mol. The molecule has 0 heterocycles. The zero-order valence-corrected chi connectivity index (χ0v) is 21.9. The summed E-state index contributed by atoms with van der Waals surface area (Å²) in [5.74, 6) is 0.135. The van der Waals surface area contributed by atoms with Gasteiger partial charge in [0.1, 0.15) is 5.69 Å². The lowest BCUT2D eigenvalue weighted by Gasteiger charge is -2.25. The molecule has 3 aromatic rings. The summed E-state index contributed by atoms with van der Waals surface area (Å²) in [5, 5.41) is 4.92. The van der Waals surface area contributed by atoms with Crippen molar-refractivity contribution in [2.75, 3.05) is 22.7 Å². The van der Waals surface area contributed by atoms with E-state index in [1.54, 1.807) is 24.1 Å². The van der Waals surface area contributed by atoms with E-state index in [-0.39, 0.29) is 17.5 Å². The van der Waals surface area contributed by atoms with Crippen LogP contribution in [0.5, 0.6) is 5.75 Å². The van der Waals surface area contributed by atoms with Crippen LogP contribution < -0.4 is 25.2 Å². The molecule has 0 atom stereocenters. The third-order valence-corrected chi connectivity index (χ3v) is 6.41. The predicted octanol–water partition coefficient (Wildman–Crippen LogP) is 6.69. The van der Waals surface area contributed by atoms with E-state index in [0.29, 0.717) is 28.2 Å².